The predicted octanol–water partition coefficient (Wildman–Crippen LogP) is 3.20. The molecule has 0 radical (unpaired) electrons. The highest BCUT2D eigenvalue weighted by atomic mass is 16.1. The van der Waals surface area contributed by atoms with E-state index in [9.17, 15) is 4.79 Å². The molecule has 0 amide bonds. The van der Waals surface area contributed by atoms with E-state index in [1.165, 1.54) is 6.42 Å². The molecule has 0 aromatic carbocycles. The van der Waals surface area contributed by atoms with Crippen molar-refractivity contribution >= 4 is 5.78 Å². The molecule has 0 saturated heterocycles. The maximum absolute atomic E-state index is 11.3. The second-order valence-corrected chi connectivity index (χ2v) is 4.49. The Balaban J connectivity index is 2.79. The highest BCUT2D eigenvalue weighted by Gasteiger charge is 2.27. The molecule has 0 heterocycles. The molecule has 2 unspecified atom stereocenters. The van der Waals surface area contributed by atoms with Crippen LogP contribution in [0.25, 0.3) is 0 Å². The molecule has 0 saturated carbocycles. The van der Waals surface area contributed by atoms with E-state index >= 15 is 0 Å². The van der Waals surface area contributed by atoms with Crippen molar-refractivity contribution in [2.75, 3.05) is 0 Å². The van der Waals surface area contributed by atoms with Crippen molar-refractivity contribution in [1.82, 2.24) is 0 Å². The Morgan fingerprint density at radius 3 is 2.62 bits per heavy atom. The van der Waals surface area contributed by atoms with Crippen molar-refractivity contribution in [3.8, 4) is 0 Å². The molecule has 13 heavy (non-hydrogen) atoms. The average Bonchev–Trinajstić information content (AvgIpc) is 2.03. The average molecular weight is 180 g/mol. The van der Waals surface area contributed by atoms with Gasteiger partial charge in [-0.25, -0.2) is 0 Å². The van der Waals surface area contributed by atoms with E-state index < -0.39 is 0 Å². The van der Waals surface area contributed by atoms with Crippen molar-refractivity contribution in [3.05, 3.63) is 11.6 Å². The lowest BCUT2D eigenvalue weighted by atomic mass is 9.73. The van der Waals surface area contributed by atoms with Gasteiger partial charge >= 0.3 is 0 Å². The molecule has 0 spiro atoms. The van der Waals surface area contributed by atoms with Gasteiger partial charge in [-0.15, -0.1) is 0 Å². The number of carbonyl (C=O) groups is 1. The van der Waals surface area contributed by atoms with Gasteiger partial charge in [0, 0.05) is 0 Å². The van der Waals surface area contributed by atoms with Crippen LogP contribution in [0.3, 0.4) is 0 Å². The summed E-state index contributed by atoms with van der Waals surface area (Å²) in [6, 6.07) is 0. The van der Waals surface area contributed by atoms with Crippen molar-refractivity contribution in [2.24, 2.45) is 17.8 Å². The highest BCUT2D eigenvalue weighted by Crippen LogP contribution is 2.35. The Labute approximate surface area is 81.2 Å². The van der Waals surface area contributed by atoms with Gasteiger partial charge in [-0.2, -0.15) is 0 Å². The third kappa shape index (κ3) is 2.20. The Hall–Kier alpha value is -0.590. The summed E-state index contributed by atoms with van der Waals surface area (Å²) in [6.07, 6.45) is 4.46. The van der Waals surface area contributed by atoms with Crippen LogP contribution in [0.1, 0.15) is 40.5 Å². The highest BCUT2D eigenvalue weighted by molar-refractivity contribution is 5.93. The second-order valence-electron chi connectivity index (χ2n) is 4.49. The van der Waals surface area contributed by atoms with Crippen LogP contribution in [-0.4, -0.2) is 5.78 Å². The summed E-state index contributed by atoms with van der Waals surface area (Å²) < 4.78 is 0. The van der Waals surface area contributed by atoms with E-state index in [0.717, 1.165) is 12.0 Å². The summed E-state index contributed by atoms with van der Waals surface area (Å²) in [5.41, 5.74) is 1.06. The Bertz CT molecular complexity index is 225. The first kappa shape index (κ1) is 10.5. The molecular formula is C12H20O. The molecule has 1 nitrogen and oxygen atoms in total. The minimum atomic E-state index is 0.262. The van der Waals surface area contributed by atoms with E-state index in [4.69, 9.17) is 0 Å². The quantitative estimate of drug-likeness (QED) is 0.637. The first-order chi connectivity index (χ1) is 6.04. The van der Waals surface area contributed by atoms with Gasteiger partial charge in [-0.1, -0.05) is 26.8 Å². The SMILES string of the molecule is CC(=O)C1=CCCC(C(C)C)C1C. The van der Waals surface area contributed by atoms with Crippen LogP contribution in [0.4, 0.5) is 0 Å². The molecule has 0 bridgehead atoms. The van der Waals surface area contributed by atoms with Crippen LogP contribution < -0.4 is 0 Å². The lowest BCUT2D eigenvalue weighted by Crippen LogP contribution is -2.25. The zero-order chi connectivity index (χ0) is 10.0. The molecule has 1 rings (SSSR count). The van der Waals surface area contributed by atoms with Crippen molar-refractivity contribution in [1.29, 1.82) is 0 Å². The van der Waals surface area contributed by atoms with E-state index in [1.54, 1.807) is 6.92 Å². The van der Waals surface area contributed by atoms with Gasteiger partial charge in [0.05, 0.1) is 0 Å². The number of allylic oxidation sites excluding steroid dienone is 2. The van der Waals surface area contributed by atoms with E-state index in [2.05, 4.69) is 26.8 Å². The fraction of sp³-hybridized carbons (Fsp3) is 0.750. The zero-order valence-corrected chi connectivity index (χ0v) is 9.13. The summed E-state index contributed by atoms with van der Waals surface area (Å²) in [5, 5.41) is 0. The number of ketones is 1. The van der Waals surface area contributed by atoms with E-state index in [1.807, 2.05) is 0 Å². The predicted molar refractivity (Wildman–Crippen MR) is 55.5 cm³/mol. The van der Waals surface area contributed by atoms with Crippen LogP contribution in [0, 0.1) is 17.8 Å². The van der Waals surface area contributed by atoms with Crippen molar-refractivity contribution in [3.63, 3.8) is 0 Å². The molecule has 74 valence electrons. The Morgan fingerprint density at radius 1 is 1.54 bits per heavy atom. The zero-order valence-electron chi connectivity index (χ0n) is 9.13. The maximum atomic E-state index is 11.3. The van der Waals surface area contributed by atoms with Gasteiger partial charge in [-0.05, 0) is 43.1 Å². The molecule has 0 fully saturated rings. The minimum absolute atomic E-state index is 0.262. The van der Waals surface area contributed by atoms with Gasteiger partial charge in [0.1, 0.15) is 0 Å². The standard InChI is InChI=1S/C12H20O/c1-8(2)11-6-5-7-12(9(11)3)10(4)13/h7-9,11H,5-6H2,1-4H3. The van der Waals surface area contributed by atoms with Gasteiger partial charge in [-0.3, -0.25) is 4.79 Å². The van der Waals surface area contributed by atoms with Gasteiger partial charge in [0.2, 0.25) is 0 Å². The monoisotopic (exact) mass is 180 g/mol. The number of rotatable bonds is 2. The largest absolute Gasteiger partial charge is 0.295 e. The van der Waals surface area contributed by atoms with Gasteiger partial charge < -0.3 is 0 Å². The van der Waals surface area contributed by atoms with Crippen LogP contribution in [0.15, 0.2) is 11.6 Å². The van der Waals surface area contributed by atoms with Crippen LogP contribution in [-0.2, 0) is 4.79 Å². The molecule has 0 aromatic heterocycles. The molecule has 1 heteroatoms. The fourth-order valence-corrected chi connectivity index (χ4v) is 2.47. The summed E-state index contributed by atoms with van der Waals surface area (Å²) in [7, 11) is 0. The Kier molecular flexibility index (Phi) is 3.29. The lowest BCUT2D eigenvalue weighted by molar-refractivity contribution is -0.114. The fourth-order valence-electron chi connectivity index (χ4n) is 2.47. The first-order valence-corrected chi connectivity index (χ1v) is 5.25. The van der Waals surface area contributed by atoms with Crippen LogP contribution in [0.5, 0.6) is 0 Å². The van der Waals surface area contributed by atoms with Crippen molar-refractivity contribution in [2.45, 2.75) is 40.5 Å². The molecule has 0 aromatic rings. The molecular weight excluding hydrogens is 160 g/mol. The van der Waals surface area contributed by atoms with E-state index in [-0.39, 0.29) is 5.78 Å². The topological polar surface area (TPSA) is 17.1 Å². The smallest absolute Gasteiger partial charge is 0.155 e. The summed E-state index contributed by atoms with van der Waals surface area (Å²) in [6.45, 7) is 8.39. The minimum Gasteiger partial charge on any atom is -0.295 e. The Morgan fingerprint density at radius 2 is 2.15 bits per heavy atom. The number of hydrogen-bond donors (Lipinski definition) is 0. The molecule has 0 N–H and O–H groups in total. The third-order valence-electron chi connectivity index (χ3n) is 3.26. The molecule has 1 aliphatic carbocycles. The molecule has 1 aliphatic rings. The number of hydrogen-bond acceptors (Lipinski definition) is 1. The van der Waals surface area contributed by atoms with Crippen molar-refractivity contribution < 1.29 is 4.79 Å². The second kappa shape index (κ2) is 4.08. The first-order valence-electron chi connectivity index (χ1n) is 5.25. The summed E-state index contributed by atoms with van der Waals surface area (Å²) in [5.74, 6) is 2.12. The summed E-state index contributed by atoms with van der Waals surface area (Å²) in [4.78, 5) is 11.3. The van der Waals surface area contributed by atoms with Gasteiger partial charge in [0.25, 0.3) is 0 Å². The van der Waals surface area contributed by atoms with Crippen LogP contribution in [0.2, 0.25) is 0 Å². The molecule has 0 aliphatic heterocycles. The normalized spacial score (nSPS) is 28.8. The summed E-state index contributed by atoms with van der Waals surface area (Å²) >= 11 is 0. The molecule has 2 atom stereocenters. The lowest BCUT2D eigenvalue weighted by Gasteiger charge is -2.31. The number of Topliss-reactive ketones (excluding diaryl/α,β-unsaturated/α-hetero) is 1. The third-order valence-corrected chi connectivity index (χ3v) is 3.26. The maximum Gasteiger partial charge on any atom is 0.155 e. The van der Waals surface area contributed by atoms with E-state index in [0.29, 0.717) is 17.8 Å². The van der Waals surface area contributed by atoms with Gasteiger partial charge in [0.15, 0.2) is 5.78 Å². The van der Waals surface area contributed by atoms with Crippen LogP contribution >= 0.6 is 0 Å². The number of carbonyl (C=O) groups excluding carboxylic acids is 1.